The van der Waals surface area contributed by atoms with Gasteiger partial charge in [-0.15, -0.1) is 0 Å². The maximum Gasteiger partial charge on any atom is 0.209 e. The van der Waals surface area contributed by atoms with Crippen LogP contribution in [-0.4, -0.2) is 24.4 Å². The zero-order valence-corrected chi connectivity index (χ0v) is 28.6. The van der Waals surface area contributed by atoms with Gasteiger partial charge < -0.3 is 34.2 Å². The van der Waals surface area contributed by atoms with E-state index in [0.717, 1.165) is 25.8 Å². The molecule has 0 amide bonds. The summed E-state index contributed by atoms with van der Waals surface area (Å²) < 4.78 is 2.36. The van der Waals surface area contributed by atoms with Crippen molar-refractivity contribution in [3.05, 3.63) is 142 Å². The van der Waals surface area contributed by atoms with Gasteiger partial charge >= 0.3 is 0 Å². The number of fused-ring (bicyclic) bond motifs is 2. The number of anilines is 1. The summed E-state index contributed by atoms with van der Waals surface area (Å²) in [7, 11) is 4.40. The number of rotatable bonds is 6. The lowest BCUT2D eigenvalue weighted by Gasteiger charge is -2.25. The normalized spacial score (nSPS) is 20.6. The third-order valence-corrected chi connectivity index (χ3v) is 9.61. The lowest BCUT2D eigenvalue weighted by molar-refractivity contribution is -0.401. The van der Waals surface area contributed by atoms with Crippen molar-refractivity contribution in [2.45, 2.75) is 64.3 Å². The summed E-state index contributed by atoms with van der Waals surface area (Å²) in [6.07, 6.45) is 12.8. The predicted molar refractivity (Wildman–Crippen MR) is 178 cm³/mol. The molecule has 6 rings (SSSR count). The van der Waals surface area contributed by atoms with Gasteiger partial charge in [-0.3, -0.25) is 0 Å². The molecule has 1 N–H and O–H groups in total. The molecular weight excluding hydrogens is 637 g/mol. The van der Waals surface area contributed by atoms with Crippen molar-refractivity contribution >= 4 is 17.1 Å². The minimum Gasteiger partial charge on any atom is -1.00 e. The van der Waals surface area contributed by atoms with Crippen molar-refractivity contribution in [1.29, 1.82) is 0 Å². The average molecular weight is 682 g/mol. The van der Waals surface area contributed by atoms with Crippen LogP contribution in [0.5, 0.6) is 0 Å². The molecule has 2 aliphatic heterocycles. The average Bonchev–Trinajstić information content (AvgIpc) is 3.32. The lowest BCUT2D eigenvalue weighted by atomic mass is 9.81. The minimum absolute atomic E-state index is 0. The van der Waals surface area contributed by atoms with Crippen LogP contribution in [0.15, 0.2) is 126 Å². The highest BCUT2D eigenvalue weighted by Gasteiger charge is 2.42. The van der Waals surface area contributed by atoms with Crippen molar-refractivity contribution in [2.75, 3.05) is 19.0 Å². The molecule has 3 nitrogen and oxygen atoms in total. The number of hydrogen-bond donors (Lipinski definition) is 1. The molecule has 0 saturated heterocycles. The Hall–Kier alpha value is -3.38. The van der Waals surface area contributed by atoms with E-state index in [9.17, 15) is 0 Å². The Balaban J connectivity index is 0.00000368. The SMILES string of the molecule is CN1C(=CC=C2CCCC(C=CC3=[N+](C)c4ccccc4C3(C)C)=C2NCc2ccccc2)C(C)(C)c2ccccc21.[I-]. The molecule has 0 saturated carbocycles. The van der Waals surface area contributed by atoms with E-state index in [-0.39, 0.29) is 34.8 Å². The van der Waals surface area contributed by atoms with Crippen molar-refractivity contribution in [3.63, 3.8) is 0 Å². The molecule has 0 atom stereocenters. The van der Waals surface area contributed by atoms with Gasteiger partial charge in [-0.05, 0) is 67.5 Å². The van der Waals surface area contributed by atoms with E-state index in [1.54, 1.807) is 0 Å². The Labute approximate surface area is 275 Å². The van der Waals surface area contributed by atoms with Crippen LogP contribution >= 0.6 is 0 Å². The van der Waals surface area contributed by atoms with Gasteiger partial charge in [0.2, 0.25) is 5.69 Å². The van der Waals surface area contributed by atoms with E-state index in [4.69, 9.17) is 0 Å². The Morgan fingerprint density at radius 1 is 0.791 bits per heavy atom. The summed E-state index contributed by atoms with van der Waals surface area (Å²) in [6, 6.07) is 28.3. The number of allylic oxidation sites excluding steroid dienone is 7. The van der Waals surface area contributed by atoms with Crippen molar-refractivity contribution in [1.82, 2.24) is 5.32 Å². The maximum absolute atomic E-state index is 3.88. The minimum atomic E-state index is -0.0363. The Bertz CT molecular complexity index is 1670. The lowest BCUT2D eigenvalue weighted by Crippen LogP contribution is -3.00. The Kier molecular flexibility index (Phi) is 8.89. The zero-order chi connectivity index (χ0) is 29.5. The van der Waals surface area contributed by atoms with Crippen LogP contribution in [0.1, 0.15) is 63.6 Å². The topological polar surface area (TPSA) is 18.3 Å². The highest BCUT2D eigenvalue weighted by molar-refractivity contribution is 6.03. The van der Waals surface area contributed by atoms with E-state index in [1.165, 1.54) is 56.3 Å². The Morgan fingerprint density at radius 2 is 1.47 bits per heavy atom. The van der Waals surface area contributed by atoms with E-state index >= 15 is 0 Å². The zero-order valence-electron chi connectivity index (χ0n) is 26.4. The number of hydrogen-bond acceptors (Lipinski definition) is 2. The fourth-order valence-electron chi connectivity index (χ4n) is 7.23. The molecule has 4 heteroatoms. The molecule has 0 radical (unpaired) electrons. The summed E-state index contributed by atoms with van der Waals surface area (Å²) in [6.45, 7) is 10.2. The fourth-order valence-corrected chi connectivity index (χ4v) is 7.23. The van der Waals surface area contributed by atoms with E-state index in [2.05, 4.69) is 160 Å². The van der Waals surface area contributed by atoms with E-state index in [1.807, 2.05) is 0 Å². The van der Waals surface area contributed by atoms with Crippen LogP contribution in [-0.2, 0) is 17.4 Å². The largest absolute Gasteiger partial charge is 1.00 e. The quantitative estimate of drug-likeness (QED) is 0.265. The van der Waals surface area contributed by atoms with Gasteiger partial charge in [0, 0.05) is 53.8 Å². The van der Waals surface area contributed by atoms with Crippen LogP contribution in [0.3, 0.4) is 0 Å². The van der Waals surface area contributed by atoms with Gasteiger partial charge in [0.05, 0.1) is 5.41 Å². The molecular formula is C39H44IN3. The van der Waals surface area contributed by atoms with Crippen molar-refractivity contribution in [3.8, 4) is 0 Å². The van der Waals surface area contributed by atoms with E-state index in [0.29, 0.717) is 0 Å². The number of nitrogens with one attached hydrogen (secondary N) is 1. The van der Waals surface area contributed by atoms with Crippen molar-refractivity contribution < 1.29 is 28.6 Å². The molecule has 0 spiro atoms. The molecule has 2 heterocycles. The predicted octanol–water partition coefficient (Wildman–Crippen LogP) is 5.72. The van der Waals surface area contributed by atoms with Crippen LogP contribution < -0.4 is 34.2 Å². The number of para-hydroxylation sites is 2. The molecule has 3 aromatic carbocycles. The summed E-state index contributed by atoms with van der Waals surface area (Å²) in [4.78, 5) is 2.36. The van der Waals surface area contributed by atoms with Crippen LogP contribution in [0.2, 0.25) is 0 Å². The molecule has 3 aromatic rings. The summed E-state index contributed by atoms with van der Waals surface area (Å²) >= 11 is 0. The smallest absolute Gasteiger partial charge is 0.209 e. The molecule has 3 aliphatic rings. The first kappa shape index (κ1) is 31.1. The first-order chi connectivity index (χ1) is 20.2. The standard InChI is InChI=1S/C39H43N3.HI/c1-38(2)31-19-10-12-21-33(31)41(5)35(38)25-23-29-17-14-18-30(37(29)40-27-28-15-8-7-9-16-28)24-26-36-39(3,4)32-20-11-13-22-34(32)42(36)6;/h7-13,15-16,19-26H,14,17-18,27H2,1-6H3;1H. The van der Waals surface area contributed by atoms with Crippen LogP contribution in [0.4, 0.5) is 11.4 Å². The second kappa shape index (κ2) is 12.3. The fraction of sp³-hybridized carbons (Fsp3) is 0.308. The number of nitrogens with zero attached hydrogens (tertiary/aromatic N) is 2. The van der Waals surface area contributed by atoms with Gasteiger partial charge in [0.15, 0.2) is 5.71 Å². The highest BCUT2D eigenvalue weighted by Crippen LogP contribution is 2.47. The van der Waals surface area contributed by atoms with Gasteiger partial charge in [0.1, 0.15) is 7.05 Å². The second-order valence-electron chi connectivity index (χ2n) is 13.0. The highest BCUT2D eigenvalue weighted by atomic mass is 127. The summed E-state index contributed by atoms with van der Waals surface area (Å²) in [5.74, 6) is 0. The van der Waals surface area contributed by atoms with Crippen LogP contribution in [0.25, 0.3) is 0 Å². The number of benzene rings is 3. The Morgan fingerprint density at radius 3 is 2.19 bits per heavy atom. The molecule has 222 valence electrons. The number of likely N-dealkylation sites (N-methyl/N-ethyl adjacent to an activating group) is 1. The summed E-state index contributed by atoms with van der Waals surface area (Å²) in [5, 5.41) is 3.88. The van der Waals surface area contributed by atoms with Crippen molar-refractivity contribution in [2.24, 2.45) is 0 Å². The van der Waals surface area contributed by atoms with Crippen LogP contribution in [0, 0.1) is 0 Å². The second-order valence-corrected chi connectivity index (χ2v) is 13.0. The molecule has 1 aliphatic carbocycles. The molecule has 0 fully saturated rings. The van der Waals surface area contributed by atoms with Gasteiger partial charge in [-0.2, -0.15) is 4.58 Å². The first-order valence-electron chi connectivity index (χ1n) is 15.3. The van der Waals surface area contributed by atoms with E-state index < -0.39 is 0 Å². The van der Waals surface area contributed by atoms with Gasteiger partial charge in [-0.1, -0.05) is 92.7 Å². The summed E-state index contributed by atoms with van der Waals surface area (Å²) in [5.41, 5.74) is 13.3. The van der Waals surface area contributed by atoms with Gasteiger partial charge in [0.25, 0.3) is 0 Å². The molecule has 0 unspecified atom stereocenters. The first-order valence-corrected chi connectivity index (χ1v) is 15.3. The number of halogens is 1. The van der Waals surface area contributed by atoms with Gasteiger partial charge in [-0.25, -0.2) is 0 Å². The molecule has 43 heavy (non-hydrogen) atoms. The molecule has 0 aromatic heterocycles. The third kappa shape index (κ3) is 5.66. The monoisotopic (exact) mass is 681 g/mol. The molecule has 0 bridgehead atoms. The maximum atomic E-state index is 3.88. The third-order valence-electron chi connectivity index (χ3n) is 9.61.